The van der Waals surface area contributed by atoms with E-state index in [9.17, 15) is 29.6 Å². The lowest BCUT2D eigenvalue weighted by Crippen LogP contribution is -2.31. The van der Waals surface area contributed by atoms with E-state index in [1.165, 1.54) is 24.3 Å². The van der Waals surface area contributed by atoms with Gasteiger partial charge in [-0.05, 0) is 17.7 Å². The Hall–Kier alpha value is -4.01. The van der Waals surface area contributed by atoms with Gasteiger partial charge in [-0.3, -0.25) is 24.5 Å². The van der Waals surface area contributed by atoms with Crippen molar-refractivity contribution in [1.82, 2.24) is 4.90 Å². The largest absolute Gasteiger partial charge is 0.507 e. The Morgan fingerprint density at radius 2 is 1.66 bits per heavy atom. The van der Waals surface area contributed by atoms with Crippen LogP contribution >= 0.6 is 0 Å². The number of non-ortho nitro benzene ring substituents is 1. The third-order valence-corrected chi connectivity index (χ3v) is 4.57. The topological polar surface area (TPSA) is 138 Å². The number of benzene rings is 2. The van der Waals surface area contributed by atoms with E-state index in [0.717, 1.165) is 4.90 Å². The number of Topliss-reactive ketones (excluding diaryl/α,β-unsaturated/α-hetero) is 1. The van der Waals surface area contributed by atoms with Gasteiger partial charge in [0.05, 0.1) is 23.0 Å². The average molecular weight is 396 g/mol. The summed E-state index contributed by atoms with van der Waals surface area (Å²) in [5, 5.41) is 30.6. The third-order valence-electron chi connectivity index (χ3n) is 4.57. The number of ketones is 1. The fourth-order valence-corrected chi connectivity index (χ4v) is 3.20. The average Bonchev–Trinajstić information content (AvgIpc) is 2.97. The fourth-order valence-electron chi connectivity index (χ4n) is 3.20. The second-order valence-corrected chi connectivity index (χ2v) is 6.35. The molecule has 1 unspecified atom stereocenters. The van der Waals surface area contributed by atoms with Crippen molar-refractivity contribution in [2.24, 2.45) is 0 Å². The first-order chi connectivity index (χ1) is 13.8. The summed E-state index contributed by atoms with van der Waals surface area (Å²) in [4.78, 5) is 47.6. The summed E-state index contributed by atoms with van der Waals surface area (Å²) < 4.78 is 0. The van der Waals surface area contributed by atoms with Gasteiger partial charge in [-0.15, -0.1) is 0 Å². The molecule has 0 spiro atoms. The van der Waals surface area contributed by atoms with Crippen molar-refractivity contribution < 1.29 is 29.5 Å². The Labute approximate surface area is 164 Å². The molecule has 2 aromatic rings. The van der Waals surface area contributed by atoms with E-state index >= 15 is 0 Å². The fraction of sp³-hybridized carbons (Fsp3) is 0.150. The first kappa shape index (κ1) is 19.7. The van der Waals surface area contributed by atoms with Crippen molar-refractivity contribution >= 4 is 29.1 Å². The molecule has 148 valence electrons. The van der Waals surface area contributed by atoms with Crippen LogP contribution < -0.4 is 0 Å². The lowest BCUT2D eigenvalue weighted by atomic mass is 9.95. The third kappa shape index (κ3) is 3.84. The number of carboxylic acid groups (broad SMARTS) is 1. The van der Waals surface area contributed by atoms with Gasteiger partial charge in [-0.25, -0.2) is 0 Å². The molecule has 2 aromatic carbocycles. The van der Waals surface area contributed by atoms with E-state index in [4.69, 9.17) is 5.11 Å². The van der Waals surface area contributed by atoms with Crippen LogP contribution in [0.2, 0.25) is 0 Å². The molecular weight excluding hydrogens is 380 g/mol. The first-order valence-corrected chi connectivity index (χ1v) is 8.61. The normalized spacial score (nSPS) is 18.1. The molecule has 1 saturated heterocycles. The molecule has 0 aromatic heterocycles. The summed E-state index contributed by atoms with van der Waals surface area (Å²) >= 11 is 0. The summed E-state index contributed by atoms with van der Waals surface area (Å²) in [5.41, 5.74) is 0.285. The lowest BCUT2D eigenvalue weighted by Gasteiger charge is -2.24. The van der Waals surface area contributed by atoms with Gasteiger partial charge in [0.1, 0.15) is 5.76 Å². The highest BCUT2D eigenvalue weighted by Gasteiger charge is 2.46. The van der Waals surface area contributed by atoms with Crippen LogP contribution in [0.15, 0.2) is 60.2 Å². The van der Waals surface area contributed by atoms with Gasteiger partial charge in [-0.2, -0.15) is 0 Å². The molecule has 1 amide bonds. The van der Waals surface area contributed by atoms with Crippen LogP contribution in [0.5, 0.6) is 0 Å². The summed E-state index contributed by atoms with van der Waals surface area (Å²) in [6.45, 7) is -0.257. The number of rotatable bonds is 6. The van der Waals surface area contributed by atoms with Gasteiger partial charge in [-0.1, -0.05) is 30.3 Å². The molecule has 1 aliphatic heterocycles. The second kappa shape index (κ2) is 7.93. The smallest absolute Gasteiger partial charge is 0.305 e. The number of likely N-dealkylation sites (tertiary alicyclic amines) is 1. The van der Waals surface area contributed by atoms with Gasteiger partial charge >= 0.3 is 5.97 Å². The Kier molecular flexibility index (Phi) is 5.40. The zero-order chi connectivity index (χ0) is 21.1. The molecule has 0 bridgehead atoms. The number of carbonyl (C=O) groups excluding carboxylic acids is 2. The maximum Gasteiger partial charge on any atom is 0.305 e. The molecule has 9 nitrogen and oxygen atoms in total. The first-order valence-electron chi connectivity index (χ1n) is 8.61. The molecule has 1 atom stereocenters. The molecule has 29 heavy (non-hydrogen) atoms. The molecule has 9 heteroatoms. The summed E-state index contributed by atoms with van der Waals surface area (Å²) in [6, 6.07) is 12.3. The van der Waals surface area contributed by atoms with Gasteiger partial charge < -0.3 is 15.1 Å². The number of hydrogen-bond acceptors (Lipinski definition) is 6. The van der Waals surface area contributed by atoms with Crippen LogP contribution in [0.4, 0.5) is 5.69 Å². The number of amides is 1. The van der Waals surface area contributed by atoms with Crippen molar-refractivity contribution in [3.05, 3.63) is 81.4 Å². The maximum atomic E-state index is 12.7. The second-order valence-electron chi connectivity index (χ2n) is 6.35. The number of aliphatic carboxylic acids is 1. The Bertz CT molecular complexity index is 1010. The van der Waals surface area contributed by atoms with E-state index in [2.05, 4.69) is 0 Å². The number of aliphatic hydroxyl groups excluding tert-OH is 1. The number of hydrogen-bond donors (Lipinski definition) is 2. The van der Waals surface area contributed by atoms with E-state index < -0.39 is 40.8 Å². The highest BCUT2D eigenvalue weighted by molar-refractivity contribution is 6.46. The summed E-state index contributed by atoms with van der Waals surface area (Å²) in [6.07, 6.45) is -0.401. The minimum Gasteiger partial charge on any atom is -0.507 e. The Balaban J connectivity index is 2.14. The van der Waals surface area contributed by atoms with E-state index in [1.54, 1.807) is 30.3 Å². The molecule has 3 rings (SSSR count). The number of carboxylic acids is 1. The standard InChI is InChI=1S/C20H16N2O7/c23-15(24)10-11-21-17(12-6-8-14(9-7-12)22(28)29)16(19(26)20(21)27)18(25)13-4-2-1-3-5-13/h1-9,17,25H,10-11H2,(H,23,24). The highest BCUT2D eigenvalue weighted by atomic mass is 16.6. The van der Waals surface area contributed by atoms with Crippen molar-refractivity contribution in [2.45, 2.75) is 12.5 Å². The molecule has 0 aliphatic carbocycles. The van der Waals surface area contributed by atoms with Crippen LogP contribution in [-0.2, 0) is 14.4 Å². The zero-order valence-electron chi connectivity index (χ0n) is 15.0. The van der Waals surface area contributed by atoms with E-state index in [0.29, 0.717) is 11.1 Å². The number of nitrogens with zero attached hydrogens (tertiary/aromatic N) is 2. The molecular formula is C20H16N2O7. The monoisotopic (exact) mass is 396 g/mol. The van der Waals surface area contributed by atoms with Crippen molar-refractivity contribution in [3.8, 4) is 0 Å². The molecule has 0 saturated carbocycles. The minimum absolute atomic E-state index is 0.181. The molecule has 1 heterocycles. The summed E-state index contributed by atoms with van der Waals surface area (Å²) in [5.74, 6) is -3.44. The number of aliphatic hydroxyl groups is 1. The number of nitro benzene ring substituents is 1. The van der Waals surface area contributed by atoms with Gasteiger partial charge in [0.25, 0.3) is 17.4 Å². The van der Waals surface area contributed by atoms with Crippen molar-refractivity contribution in [2.75, 3.05) is 6.54 Å². The zero-order valence-corrected chi connectivity index (χ0v) is 15.0. The molecule has 1 fully saturated rings. The van der Waals surface area contributed by atoms with Gasteiger partial charge in [0, 0.05) is 24.2 Å². The molecule has 2 N–H and O–H groups in total. The quantitative estimate of drug-likeness (QED) is 0.251. The number of carbonyl (C=O) groups is 3. The van der Waals surface area contributed by atoms with E-state index in [-0.39, 0.29) is 17.8 Å². The highest BCUT2D eigenvalue weighted by Crippen LogP contribution is 2.39. The van der Waals surface area contributed by atoms with Crippen molar-refractivity contribution in [3.63, 3.8) is 0 Å². The molecule has 0 radical (unpaired) electrons. The van der Waals surface area contributed by atoms with Gasteiger partial charge in [0.2, 0.25) is 0 Å². The minimum atomic E-state index is -1.16. The molecule has 1 aliphatic rings. The Morgan fingerprint density at radius 3 is 2.21 bits per heavy atom. The lowest BCUT2D eigenvalue weighted by molar-refractivity contribution is -0.384. The van der Waals surface area contributed by atoms with E-state index in [1.807, 2.05) is 0 Å². The van der Waals surface area contributed by atoms with Crippen molar-refractivity contribution in [1.29, 1.82) is 0 Å². The SMILES string of the molecule is O=C(O)CCN1C(=O)C(=O)C(=C(O)c2ccccc2)C1c1ccc([N+](=O)[O-])cc1. The van der Waals surface area contributed by atoms with Crippen LogP contribution in [0.25, 0.3) is 5.76 Å². The van der Waals surface area contributed by atoms with Gasteiger partial charge in [0.15, 0.2) is 0 Å². The van der Waals surface area contributed by atoms with Crippen LogP contribution in [0.1, 0.15) is 23.6 Å². The predicted molar refractivity (Wildman–Crippen MR) is 101 cm³/mol. The van der Waals surface area contributed by atoms with Crippen LogP contribution in [0.3, 0.4) is 0 Å². The van der Waals surface area contributed by atoms with Crippen LogP contribution in [0, 0.1) is 10.1 Å². The Morgan fingerprint density at radius 1 is 1.03 bits per heavy atom. The summed E-state index contributed by atoms with van der Waals surface area (Å²) in [7, 11) is 0. The number of nitro groups is 1. The predicted octanol–water partition coefficient (Wildman–Crippen LogP) is 2.49. The van der Waals surface area contributed by atoms with Crippen LogP contribution in [-0.4, -0.2) is 44.2 Å². The maximum absolute atomic E-state index is 12.7.